The molecule has 1 saturated heterocycles. The van der Waals surface area contributed by atoms with Crippen LogP contribution < -0.4 is 10.6 Å². The van der Waals surface area contributed by atoms with Crippen LogP contribution in [-0.4, -0.2) is 48.6 Å². The number of carbonyl (C=O) groups is 3. The molecule has 0 aliphatic carbocycles. The number of para-hydroxylation sites is 1. The Balaban J connectivity index is 2.22. The molecule has 0 saturated carbocycles. The maximum Gasteiger partial charge on any atom is 0.328 e. The molecule has 25 heavy (non-hydrogen) atoms. The standard InChI is InChI=1S/C15H14N4O5S/c1-18(2)25(23,24)19-8-9(10-5-3-4-6-12(10)19)7-11-13(20)16-15(22)17-14(11)21/h3-8H,1-2H3,(H2,16,17,20,21,22). The highest BCUT2D eigenvalue weighted by atomic mass is 32.2. The van der Waals surface area contributed by atoms with Gasteiger partial charge in [-0.1, -0.05) is 18.2 Å². The SMILES string of the molecule is CN(C)S(=O)(=O)n1cc(C=C2C(=O)NC(=O)NC2=O)c2ccccc21. The van der Waals surface area contributed by atoms with E-state index >= 15 is 0 Å². The van der Waals surface area contributed by atoms with E-state index in [-0.39, 0.29) is 5.57 Å². The minimum Gasteiger partial charge on any atom is -0.273 e. The number of carbonyl (C=O) groups excluding carboxylic acids is 3. The van der Waals surface area contributed by atoms with E-state index in [1.165, 1.54) is 26.4 Å². The molecular weight excluding hydrogens is 348 g/mol. The van der Waals surface area contributed by atoms with Crippen molar-refractivity contribution in [2.24, 2.45) is 0 Å². The highest BCUT2D eigenvalue weighted by molar-refractivity contribution is 7.87. The normalized spacial score (nSPS) is 15.5. The largest absolute Gasteiger partial charge is 0.328 e. The first kappa shape index (κ1) is 16.9. The van der Waals surface area contributed by atoms with E-state index < -0.39 is 28.1 Å². The second-order valence-corrected chi connectivity index (χ2v) is 7.50. The first-order chi connectivity index (χ1) is 11.7. The molecule has 1 aromatic heterocycles. The van der Waals surface area contributed by atoms with Crippen LogP contribution >= 0.6 is 0 Å². The lowest BCUT2D eigenvalue weighted by molar-refractivity contribution is -0.123. The van der Waals surface area contributed by atoms with Crippen LogP contribution in [0.15, 0.2) is 36.0 Å². The Hall–Kier alpha value is -2.98. The van der Waals surface area contributed by atoms with Crippen molar-refractivity contribution in [1.29, 1.82) is 0 Å². The molecule has 4 amide bonds. The van der Waals surface area contributed by atoms with Gasteiger partial charge in [-0.05, 0) is 12.1 Å². The summed E-state index contributed by atoms with van der Waals surface area (Å²) >= 11 is 0. The minimum absolute atomic E-state index is 0.287. The average Bonchev–Trinajstić information content (AvgIpc) is 2.90. The quantitative estimate of drug-likeness (QED) is 0.591. The number of benzene rings is 1. The third kappa shape index (κ3) is 2.81. The Morgan fingerprint density at radius 2 is 1.64 bits per heavy atom. The van der Waals surface area contributed by atoms with E-state index in [9.17, 15) is 22.8 Å². The van der Waals surface area contributed by atoms with Gasteiger partial charge < -0.3 is 0 Å². The van der Waals surface area contributed by atoms with E-state index in [1.54, 1.807) is 24.3 Å². The van der Waals surface area contributed by atoms with Crippen molar-refractivity contribution in [3.8, 4) is 0 Å². The summed E-state index contributed by atoms with van der Waals surface area (Å²) in [5.41, 5.74) is 0.469. The van der Waals surface area contributed by atoms with Crippen LogP contribution in [0.5, 0.6) is 0 Å². The maximum absolute atomic E-state index is 12.5. The molecule has 0 bridgehead atoms. The highest BCUT2D eigenvalue weighted by Gasteiger charge is 2.28. The van der Waals surface area contributed by atoms with Gasteiger partial charge >= 0.3 is 16.2 Å². The van der Waals surface area contributed by atoms with Crippen LogP contribution in [-0.2, 0) is 19.8 Å². The lowest BCUT2D eigenvalue weighted by atomic mass is 10.1. The first-order valence-corrected chi connectivity index (χ1v) is 8.53. The molecule has 0 spiro atoms. The number of fused-ring (bicyclic) bond motifs is 1. The van der Waals surface area contributed by atoms with Crippen molar-refractivity contribution in [3.05, 3.63) is 41.6 Å². The van der Waals surface area contributed by atoms with Gasteiger partial charge in [0.15, 0.2) is 0 Å². The van der Waals surface area contributed by atoms with Crippen molar-refractivity contribution < 1.29 is 22.8 Å². The molecule has 9 nitrogen and oxygen atoms in total. The molecule has 10 heteroatoms. The fraction of sp³-hybridized carbons (Fsp3) is 0.133. The van der Waals surface area contributed by atoms with Crippen LogP contribution in [0.1, 0.15) is 5.56 Å². The summed E-state index contributed by atoms with van der Waals surface area (Å²) in [4.78, 5) is 34.9. The number of amides is 4. The van der Waals surface area contributed by atoms with Crippen molar-refractivity contribution in [1.82, 2.24) is 18.9 Å². The van der Waals surface area contributed by atoms with E-state index in [4.69, 9.17) is 0 Å². The van der Waals surface area contributed by atoms with Crippen LogP contribution in [0.2, 0.25) is 0 Å². The van der Waals surface area contributed by atoms with E-state index in [1.807, 2.05) is 10.6 Å². The fourth-order valence-corrected chi connectivity index (χ4v) is 3.43. The van der Waals surface area contributed by atoms with Crippen molar-refractivity contribution in [2.45, 2.75) is 0 Å². The molecule has 1 aliphatic heterocycles. The second-order valence-electron chi connectivity index (χ2n) is 5.48. The Bertz CT molecular complexity index is 1030. The predicted molar refractivity (Wildman–Crippen MR) is 89.6 cm³/mol. The highest BCUT2D eigenvalue weighted by Crippen LogP contribution is 2.26. The summed E-state index contributed by atoms with van der Waals surface area (Å²) in [7, 11) is -0.996. The van der Waals surface area contributed by atoms with Crippen molar-refractivity contribution >= 4 is 45.0 Å². The summed E-state index contributed by atoms with van der Waals surface area (Å²) in [5.74, 6) is -1.69. The predicted octanol–water partition coefficient (Wildman–Crippen LogP) is 0.0452. The van der Waals surface area contributed by atoms with Gasteiger partial charge in [-0.2, -0.15) is 12.7 Å². The van der Waals surface area contributed by atoms with E-state index in [0.717, 1.165) is 8.28 Å². The molecule has 3 rings (SSSR count). The number of imide groups is 2. The Kier molecular flexibility index (Phi) is 3.93. The summed E-state index contributed by atoms with van der Waals surface area (Å²) < 4.78 is 27.1. The third-order valence-corrected chi connectivity index (χ3v) is 5.38. The van der Waals surface area contributed by atoms with Gasteiger partial charge in [0.25, 0.3) is 11.8 Å². The molecule has 1 aromatic carbocycles. The molecular formula is C15H14N4O5S. The summed E-state index contributed by atoms with van der Waals surface area (Å²) in [5, 5.41) is 4.48. The molecule has 0 unspecified atom stereocenters. The number of hydrogen-bond donors (Lipinski definition) is 2. The van der Waals surface area contributed by atoms with Gasteiger partial charge in [0.1, 0.15) is 5.57 Å². The molecule has 2 N–H and O–H groups in total. The number of aromatic nitrogens is 1. The second kappa shape index (κ2) is 5.83. The summed E-state index contributed by atoms with van der Waals surface area (Å²) in [6.07, 6.45) is 2.57. The Labute approximate surface area is 143 Å². The molecule has 1 aliphatic rings. The zero-order valence-electron chi connectivity index (χ0n) is 13.3. The van der Waals surface area contributed by atoms with Crippen LogP contribution in [0.25, 0.3) is 17.0 Å². The lowest BCUT2D eigenvalue weighted by Crippen LogP contribution is -2.51. The van der Waals surface area contributed by atoms with Gasteiger partial charge in [0.05, 0.1) is 5.52 Å². The average molecular weight is 362 g/mol. The number of urea groups is 1. The Morgan fingerprint density at radius 1 is 1.04 bits per heavy atom. The minimum atomic E-state index is -3.79. The molecule has 0 atom stereocenters. The first-order valence-electron chi connectivity index (χ1n) is 7.13. The maximum atomic E-state index is 12.5. The monoisotopic (exact) mass is 362 g/mol. The van der Waals surface area contributed by atoms with Gasteiger partial charge in [-0.25, -0.2) is 8.77 Å². The smallest absolute Gasteiger partial charge is 0.273 e. The topological polar surface area (TPSA) is 118 Å². The fourth-order valence-electron chi connectivity index (χ4n) is 2.42. The Morgan fingerprint density at radius 3 is 2.24 bits per heavy atom. The zero-order chi connectivity index (χ0) is 18.4. The molecule has 130 valence electrons. The molecule has 0 radical (unpaired) electrons. The number of rotatable bonds is 3. The van der Waals surface area contributed by atoms with Gasteiger partial charge in [0.2, 0.25) is 0 Å². The number of nitrogens with zero attached hydrogens (tertiary/aromatic N) is 2. The van der Waals surface area contributed by atoms with Crippen LogP contribution in [0.3, 0.4) is 0 Å². The van der Waals surface area contributed by atoms with Crippen LogP contribution in [0.4, 0.5) is 4.79 Å². The summed E-state index contributed by atoms with van der Waals surface area (Å²) in [6.45, 7) is 0. The molecule has 2 aromatic rings. The van der Waals surface area contributed by atoms with Gasteiger partial charge in [0, 0.05) is 31.2 Å². The molecule has 2 heterocycles. The summed E-state index contributed by atoms with van der Waals surface area (Å²) in [6, 6.07) is 5.78. The van der Waals surface area contributed by atoms with Crippen LogP contribution in [0, 0.1) is 0 Å². The number of barbiturate groups is 1. The van der Waals surface area contributed by atoms with Gasteiger partial charge in [-0.3, -0.25) is 20.2 Å². The van der Waals surface area contributed by atoms with Crippen molar-refractivity contribution in [3.63, 3.8) is 0 Å². The van der Waals surface area contributed by atoms with E-state index in [0.29, 0.717) is 16.5 Å². The molecule has 1 fully saturated rings. The zero-order valence-corrected chi connectivity index (χ0v) is 14.1. The number of nitrogens with one attached hydrogen (secondary N) is 2. The lowest BCUT2D eigenvalue weighted by Gasteiger charge is -2.13. The number of hydrogen-bond acceptors (Lipinski definition) is 5. The van der Waals surface area contributed by atoms with Crippen molar-refractivity contribution in [2.75, 3.05) is 14.1 Å². The third-order valence-electron chi connectivity index (χ3n) is 3.66. The van der Waals surface area contributed by atoms with E-state index in [2.05, 4.69) is 0 Å². The van der Waals surface area contributed by atoms with Gasteiger partial charge in [-0.15, -0.1) is 0 Å².